The van der Waals surface area contributed by atoms with Crippen molar-refractivity contribution in [2.45, 2.75) is 13.1 Å². The molecule has 2 aromatic carbocycles. The smallest absolute Gasteiger partial charge is 0.322 e. The second kappa shape index (κ2) is 7.34. The Hall–Kier alpha value is -2.59. The van der Waals surface area contributed by atoms with Gasteiger partial charge in [-0.3, -0.25) is 9.59 Å². The van der Waals surface area contributed by atoms with E-state index in [2.05, 4.69) is 5.32 Å². The van der Waals surface area contributed by atoms with Gasteiger partial charge in [-0.25, -0.2) is 12.7 Å². The monoisotopic (exact) mass is 446 g/mol. The lowest BCUT2D eigenvalue weighted by molar-refractivity contribution is -0.137. The molecular weight excluding hydrogens is 433 g/mol. The van der Waals surface area contributed by atoms with Crippen molar-refractivity contribution >= 4 is 44.8 Å². The molecule has 154 valence electrons. The van der Waals surface area contributed by atoms with E-state index >= 15 is 0 Å². The molecule has 0 radical (unpaired) electrons. The molecule has 2 amide bonds. The largest absolute Gasteiger partial charge is 0.416 e. The lowest BCUT2D eigenvalue weighted by Crippen LogP contribution is -2.30. The number of anilines is 2. The molecule has 0 bridgehead atoms. The first kappa shape index (κ1) is 21.1. The number of amides is 2. The molecule has 1 aliphatic rings. The van der Waals surface area contributed by atoms with E-state index < -0.39 is 39.5 Å². The van der Waals surface area contributed by atoms with Crippen LogP contribution in [0.4, 0.5) is 24.5 Å². The predicted octanol–water partition coefficient (Wildman–Crippen LogP) is 3.92. The molecule has 1 heterocycles. The number of hydrogen-bond donors (Lipinski definition) is 1. The molecule has 1 aliphatic heterocycles. The third kappa shape index (κ3) is 4.23. The Labute approximate surface area is 169 Å². The number of benzene rings is 2. The summed E-state index contributed by atoms with van der Waals surface area (Å²) >= 11 is 6.04. The van der Waals surface area contributed by atoms with E-state index in [0.29, 0.717) is 4.31 Å². The maximum absolute atomic E-state index is 12.8. The number of halogens is 4. The fourth-order valence-electron chi connectivity index (χ4n) is 2.85. The zero-order valence-corrected chi connectivity index (χ0v) is 16.4. The van der Waals surface area contributed by atoms with Crippen LogP contribution in [0.1, 0.15) is 22.8 Å². The van der Waals surface area contributed by atoms with Gasteiger partial charge in [0.05, 0.1) is 27.9 Å². The number of nitrogens with one attached hydrogen (secondary N) is 1. The second-order valence-corrected chi connectivity index (χ2v) is 8.75. The number of alkyl halides is 3. The minimum absolute atomic E-state index is 0.0633. The van der Waals surface area contributed by atoms with Crippen LogP contribution in [0.25, 0.3) is 0 Å². The molecule has 11 heteroatoms. The Morgan fingerprint density at radius 3 is 2.48 bits per heavy atom. The minimum Gasteiger partial charge on any atom is -0.322 e. The van der Waals surface area contributed by atoms with Gasteiger partial charge in [0, 0.05) is 11.3 Å². The van der Waals surface area contributed by atoms with Crippen molar-refractivity contribution in [3.8, 4) is 0 Å². The molecule has 0 aromatic heterocycles. The van der Waals surface area contributed by atoms with Gasteiger partial charge in [0.2, 0.25) is 15.9 Å². The molecule has 1 unspecified atom stereocenters. The molecule has 0 saturated carbocycles. The number of rotatable bonds is 3. The topological polar surface area (TPSA) is 83.6 Å². The molecule has 0 spiro atoms. The SMILES string of the molecule is CC1CS(=O)(=O)N(c2cc(C(=O)Nc3cccc(C(F)(F)F)c3)ccc2Cl)C1=O. The number of hydrogen-bond acceptors (Lipinski definition) is 4. The van der Waals surface area contributed by atoms with Crippen LogP contribution >= 0.6 is 11.6 Å². The molecule has 0 aliphatic carbocycles. The standard InChI is InChI=1S/C18H14ClF3N2O4S/c1-10-9-29(27,28)24(17(10)26)15-7-11(5-6-14(15)19)16(25)23-13-4-2-3-12(8-13)18(20,21)22/h2-8,10H,9H2,1H3,(H,23,25). The van der Waals surface area contributed by atoms with Crippen LogP contribution in [-0.2, 0) is 21.0 Å². The molecular formula is C18H14ClF3N2O4S. The number of carbonyl (C=O) groups is 2. The van der Waals surface area contributed by atoms with Crippen LogP contribution in [0.3, 0.4) is 0 Å². The van der Waals surface area contributed by atoms with Crippen molar-refractivity contribution in [3.63, 3.8) is 0 Å². The van der Waals surface area contributed by atoms with Gasteiger partial charge in [-0.2, -0.15) is 13.2 Å². The highest BCUT2D eigenvalue weighted by molar-refractivity contribution is 7.94. The van der Waals surface area contributed by atoms with Crippen molar-refractivity contribution < 1.29 is 31.2 Å². The number of sulfonamides is 1. The van der Waals surface area contributed by atoms with E-state index in [1.54, 1.807) is 0 Å². The summed E-state index contributed by atoms with van der Waals surface area (Å²) in [6, 6.07) is 7.67. The quantitative estimate of drug-likeness (QED) is 0.774. The van der Waals surface area contributed by atoms with Crippen molar-refractivity contribution in [3.05, 3.63) is 58.6 Å². The van der Waals surface area contributed by atoms with Gasteiger partial charge in [0.1, 0.15) is 0 Å². The van der Waals surface area contributed by atoms with Gasteiger partial charge in [-0.1, -0.05) is 24.6 Å². The summed E-state index contributed by atoms with van der Waals surface area (Å²) in [5, 5.41) is 2.25. The number of carbonyl (C=O) groups excluding carboxylic acids is 2. The molecule has 1 atom stereocenters. The van der Waals surface area contributed by atoms with Gasteiger partial charge in [-0.05, 0) is 36.4 Å². The van der Waals surface area contributed by atoms with Crippen LogP contribution in [0.2, 0.25) is 5.02 Å². The molecule has 1 N–H and O–H groups in total. The van der Waals surface area contributed by atoms with Gasteiger partial charge >= 0.3 is 6.18 Å². The summed E-state index contributed by atoms with van der Waals surface area (Å²) in [6.45, 7) is 1.46. The second-order valence-electron chi connectivity index (χ2n) is 6.48. The van der Waals surface area contributed by atoms with Crippen molar-refractivity contribution in [2.24, 2.45) is 5.92 Å². The third-order valence-corrected chi connectivity index (χ3v) is 6.41. The Morgan fingerprint density at radius 1 is 1.21 bits per heavy atom. The molecule has 1 saturated heterocycles. The normalized spacial score (nSPS) is 18.7. The number of nitrogens with zero attached hydrogens (tertiary/aromatic N) is 1. The Kier molecular flexibility index (Phi) is 5.35. The van der Waals surface area contributed by atoms with E-state index in [1.807, 2.05) is 0 Å². The Balaban J connectivity index is 1.92. The van der Waals surface area contributed by atoms with Gasteiger partial charge < -0.3 is 5.32 Å². The summed E-state index contributed by atoms with van der Waals surface area (Å²) < 4.78 is 63.6. The van der Waals surface area contributed by atoms with Crippen molar-refractivity contribution in [1.29, 1.82) is 0 Å². The summed E-state index contributed by atoms with van der Waals surface area (Å²) in [6.07, 6.45) is -4.57. The van der Waals surface area contributed by atoms with E-state index in [4.69, 9.17) is 11.6 Å². The van der Waals surface area contributed by atoms with Crippen LogP contribution in [0.15, 0.2) is 42.5 Å². The first-order chi connectivity index (χ1) is 13.4. The predicted molar refractivity (Wildman–Crippen MR) is 101 cm³/mol. The summed E-state index contributed by atoms with van der Waals surface area (Å²) in [5.41, 5.74) is -1.29. The third-order valence-electron chi connectivity index (χ3n) is 4.24. The van der Waals surface area contributed by atoms with Crippen LogP contribution in [-0.4, -0.2) is 26.0 Å². The Morgan fingerprint density at radius 2 is 1.90 bits per heavy atom. The van der Waals surface area contributed by atoms with Gasteiger partial charge in [-0.15, -0.1) is 0 Å². The van der Waals surface area contributed by atoms with Crippen LogP contribution in [0, 0.1) is 5.92 Å². The zero-order valence-electron chi connectivity index (χ0n) is 14.8. The highest BCUT2D eigenvalue weighted by Gasteiger charge is 2.43. The van der Waals surface area contributed by atoms with Crippen LogP contribution < -0.4 is 9.62 Å². The lowest BCUT2D eigenvalue weighted by Gasteiger charge is -2.18. The van der Waals surface area contributed by atoms with Gasteiger partial charge in [0.15, 0.2) is 0 Å². The molecule has 3 rings (SSSR count). The fourth-order valence-corrected chi connectivity index (χ4v) is 4.93. The lowest BCUT2D eigenvalue weighted by atomic mass is 10.1. The maximum Gasteiger partial charge on any atom is 0.416 e. The average molecular weight is 447 g/mol. The summed E-state index contributed by atoms with van der Waals surface area (Å²) in [4.78, 5) is 24.7. The molecule has 2 aromatic rings. The highest BCUT2D eigenvalue weighted by Crippen LogP contribution is 2.35. The molecule has 29 heavy (non-hydrogen) atoms. The molecule has 6 nitrogen and oxygen atoms in total. The fraction of sp³-hybridized carbons (Fsp3) is 0.222. The van der Waals surface area contributed by atoms with E-state index in [-0.39, 0.29) is 27.7 Å². The maximum atomic E-state index is 12.8. The van der Waals surface area contributed by atoms with Crippen LogP contribution in [0.5, 0.6) is 0 Å². The summed E-state index contributed by atoms with van der Waals surface area (Å²) in [7, 11) is -3.94. The van der Waals surface area contributed by atoms with E-state index in [0.717, 1.165) is 24.3 Å². The van der Waals surface area contributed by atoms with Gasteiger partial charge in [0.25, 0.3) is 5.91 Å². The first-order valence-corrected chi connectivity index (χ1v) is 10.2. The summed E-state index contributed by atoms with van der Waals surface area (Å²) in [5.74, 6) is -2.62. The van der Waals surface area contributed by atoms with Crippen molar-refractivity contribution in [2.75, 3.05) is 15.4 Å². The Bertz CT molecular complexity index is 1100. The average Bonchev–Trinajstić information content (AvgIpc) is 2.82. The first-order valence-electron chi connectivity index (χ1n) is 8.25. The van der Waals surface area contributed by atoms with E-state index in [1.165, 1.54) is 25.1 Å². The van der Waals surface area contributed by atoms with Crippen molar-refractivity contribution in [1.82, 2.24) is 0 Å². The molecule has 1 fully saturated rings. The highest BCUT2D eigenvalue weighted by atomic mass is 35.5. The van der Waals surface area contributed by atoms with E-state index in [9.17, 15) is 31.2 Å². The minimum atomic E-state index is -4.57. The zero-order chi connectivity index (χ0) is 21.6.